The Labute approximate surface area is 126 Å². The zero-order chi connectivity index (χ0) is 16.4. The Kier molecular flexibility index (Phi) is 9.13. The zero-order valence-corrected chi connectivity index (χ0v) is 12.4. The Morgan fingerprint density at radius 1 is 1.29 bits per heavy atom. The largest absolute Gasteiger partial charge is 0.480 e. The van der Waals surface area contributed by atoms with Crippen LogP contribution in [0.5, 0.6) is 0 Å². The van der Waals surface area contributed by atoms with Gasteiger partial charge in [-0.25, -0.2) is 4.79 Å². The standard InChI is InChI=1S/C11H20N4O5S/c1-21-3-2-7(11(19)20)15-9(17)5-14-10(18)6(12)4-8(13)16/h6-7H,2-5,12H2,1H3,(H2,13,16)(H,14,18)(H,15,17)(H,19,20)/t6-,7-/m0/s1. The van der Waals surface area contributed by atoms with Gasteiger partial charge in [-0.2, -0.15) is 11.8 Å². The summed E-state index contributed by atoms with van der Waals surface area (Å²) in [6, 6.07) is -2.15. The molecule has 7 N–H and O–H groups in total. The van der Waals surface area contributed by atoms with Gasteiger partial charge in [0, 0.05) is 0 Å². The Morgan fingerprint density at radius 3 is 2.38 bits per heavy atom. The van der Waals surface area contributed by atoms with Crippen molar-refractivity contribution in [3.05, 3.63) is 0 Å². The van der Waals surface area contributed by atoms with Crippen LogP contribution in [0.4, 0.5) is 0 Å². The Balaban J connectivity index is 4.20. The number of primary amides is 1. The van der Waals surface area contributed by atoms with Crippen molar-refractivity contribution in [1.29, 1.82) is 0 Å². The van der Waals surface area contributed by atoms with Crippen molar-refractivity contribution in [2.24, 2.45) is 11.5 Å². The molecule has 0 saturated carbocycles. The average molecular weight is 320 g/mol. The first kappa shape index (κ1) is 19.2. The van der Waals surface area contributed by atoms with Gasteiger partial charge < -0.3 is 27.2 Å². The number of carbonyl (C=O) groups is 4. The molecule has 0 aromatic heterocycles. The molecule has 0 fully saturated rings. The van der Waals surface area contributed by atoms with Gasteiger partial charge in [0.15, 0.2) is 0 Å². The first-order valence-electron chi connectivity index (χ1n) is 6.10. The summed E-state index contributed by atoms with van der Waals surface area (Å²) < 4.78 is 0. The molecular weight excluding hydrogens is 300 g/mol. The molecule has 0 aromatic carbocycles. The summed E-state index contributed by atoms with van der Waals surface area (Å²) in [5.41, 5.74) is 10.3. The fourth-order valence-corrected chi connectivity index (χ4v) is 1.82. The number of nitrogens with two attached hydrogens (primary N) is 2. The van der Waals surface area contributed by atoms with Gasteiger partial charge in [-0.05, 0) is 18.4 Å². The summed E-state index contributed by atoms with van der Waals surface area (Å²) in [6.45, 7) is -0.422. The quantitative estimate of drug-likeness (QED) is 0.300. The minimum Gasteiger partial charge on any atom is -0.480 e. The summed E-state index contributed by atoms with van der Waals surface area (Å²) in [5.74, 6) is -2.66. The Morgan fingerprint density at radius 2 is 1.90 bits per heavy atom. The maximum absolute atomic E-state index is 11.5. The number of amides is 3. The van der Waals surface area contributed by atoms with Crippen LogP contribution in [0.25, 0.3) is 0 Å². The van der Waals surface area contributed by atoms with Gasteiger partial charge in [0.1, 0.15) is 6.04 Å². The van der Waals surface area contributed by atoms with Crippen molar-refractivity contribution in [3.8, 4) is 0 Å². The molecule has 0 radical (unpaired) electrons. The first-order chi connectivity index (χ1) is 9.77. The Hall–Kier alpha value is -1.81. The molecule has 120 valence electrons. The molecule has 0 heterocycles. The van der Waals surface area contributed by atoms with Crippen LogP contribution in [-0.4, -0.2) is 59.4 Å². The van der Waals surface area contributed by atoms with Gasteiger partial charge in [0.25, 0.3) is 0 Å². The van der Waals surface area contributed by atoms with Crippen molar-refractivity contribution >= 4 is 35.5 Å². The van der Waals surface area contributed by atoms with E-state index >= 15 is 0 Å². The van der Waals surface area contributed by atoms with Crippen LogP contribution in [0.3, 0.4) is 0 Å². The molecule has 3 amide bonds. The van der Waals surface area contributed by atoms with Gasteiger partial charge in [0.2, 0.25) is 17.7 Å². The van der Waals surface area contributed by atoms with E-state index < -0.39 is 42.3 Å². The predicted molar refractivity (Wildman–Crippen MR) is 77.4 cm³/mol. The predicted octanol–water partition coefficient (Wildman–Crippen LogP) is -2.37. The molecule has 2 atom stereocenters. The molecule has 0 spiro atoms. The normalized spacial score (nSPS) is 13.0. The molecule has 0 rings (SSSR count). The van der Waals surface area contributed by atoms with Crippen LogP contribution in [0, 0.1) is 0 Å². The fourth-order valence-electron chi connectivity index (χ4n) is 1.35. The van der Waals surface area contributed by atoms with Gasteiger partial charge in [-0.3, -0.25) is 14.4 Å². The monoisotopic (exact) mass is 320 g/mol. The molecule has 0 aliphatic heterocycles. The number of hydrogen-bond acceptors (Lipinski definition) is 6. The number of carbonyl (C=O) groups excluding carboxylic acids is 3. The van der Waals surface area contributed by atoms with E-state index in [-0.39, 0.29) is 12.8 Å². The van der Waals surface area contributed by atoms with E-state index in [4.69, 9.17) is 16.6 Å². The van der Waals surface area contributed by atoms with Crippen LogP contribution in [0.1, 0.15) is 12.8 Å². The van der Waals surface area contributed by atoms with Crippen molar-refractivity contribution < 1.29 is 24.3 Å². The van der Waals surface area contributed by atoms with Crippen LogP contribution < -0.4 is 22.1 Å². The fraction of sp³-hybridized carbons (Fsp3) is 0.636. The summed E-state index contributed by atoms with van der Waals surface area (Å²) in [5, 5.41) is 13.4. The number of hydrogen-bond donors (Lipinski definition) is 5. The summed E-state index contributed by atoms with van der Waals surface area (Å²) in [7, 11) is 0. The highest BCUT2D eigenvalue weighted by Gasteiger charge is 2.21. The van der Waals surface area contributed by atoms with Crippen molar-refractivity contribution in [2.45, 2.75) is 24.9 Å². The molecule has 0 aromatic rings. The van der Waals surface area contributed by atoms with Gasteiger partial charge in [0.05, 0.1) is 19.0 Å². The maximum Gasteiger partial charge on any atom is 0.326 e. The molecule has 10 heteroatoms. The number of carboxylic acids is 1. The van der Waals surface area contributed by atoms with Gasteiger partial charge in [-0.15, -0.1) is 0 Å². The Bertz CT molecular complexity index is 404. The third kappa shape index (κ3) is 8.87. The van der Waals surface area contributed by atoms with Crippen molar-refractivity contribution in [2.75, 3.05) is 18.6 Å². The lowest BCUT2D eigenvalue weighted by molar-refractivity contribution is -0.141. The third-order valence-corrected chi connectivity index (χ3v) is 3.07. The molecule has 0 unspecified atom stereocenters. The minimum atomic E-state index is -1.14. The van der Waals surface area contributed by atoms with E-state index in [0.717, 1.165) is 0 Å². The number of aliphatic carboxylic acids is 1. The lowest BCUT2D eigenvalue weighted by atomic mass is 10.2. The molecular formula is C11H20N4O5S. The number of carboxylic acid groups (broad SMARTS) is 1. The van der Waals surface area contributed by atoms with E-state index in [1.54, 1.807) is 0 Å². The summed E-state index contributed by atoms with van der Waals surface area (Å²) in [4.78, 5) is 44.5. The van der Waals surface area contributed by atoms with Crippen LogP contribution in [-0.2, 0) is 19.2 Å². The highest BCUT2D eigenvalue weighted by atomic mass is 32.2. The minimum absolute atomic E-state index is 0.275. The van der Waals surface area contributed by atoms with Gasteiger partial charge in [-0.1, -0.05) is 0 Å². The molecule has 0 bridgehead atoms. The topological polar surface area (TPSA) is 165 Å². The molecule has 9 nitrogen and oxygen atoms in total. The van der Waals surface area contributed by atoms with E-state index in [0.29, 0.717) is 5.75 Å². The number of thioether (sulfide) groups is 1. The number of rotatable bonds is 10. The van der Waals surface area contributed by atoms with Gasteiger partial charge >= 0.3 is 5.97 Å². The van der Waals surface area contributed by atoms with Crippen molar-refractivity contribution in [3.63, 3.8) is 0 Å². The average Bonchev–Trinajstić information content (AvgIpc) is 2.39. The lowest BCUT2D eigenvalue weighted by Crippen LogP contribution is -2.49. The molecule has 0 saturated heterocycles. The van der Waals surface area contributed by atoms with Crippen LogP contribution in [0.2, 0.25) is 0 Å². The highest BCUT2D eigenvalue weighted by Crippen LogP contribution is 2.00. The smallest absolute Gasteiger partial charge is 0.326 e. The second-order valence-corrected chi connectivity index (χ2v) is 5.22. The lowest BCUT2D eigenvalue weighted by Gasteiger charge is -2.15. The first-order valence-corrected chi connectivity index (χ1v) is 7.50. The SMILES string of the molecule is CSCC[C@H](NC(=O)CNC(=O)[C@@H](N)CC(N)=O)C(=O)O. The summed E-state index contributed by atoms with van der Waals surface area (Å²) >= 11 is 1.46. The molecule has 0 aliphatic rings. The van der Waals surface area contributed by atoms with Crippen LogP contribution >= 0.6 is 11.8 Å². The van der Waals surface area contributed by atoms with E-state index in [1.165, 1.54) is 11.8 Å². The summed E-state index contributed by atoms with van der Waals surface area (Å²) in [6.07, 6.45) is 1.76. The van der Waals surface area contributed by atoms with Crippen LogP contribution in [0.15, 0.2) is 0 Å². The molecule has 0 aliphatic carbocycles. The van der Waals surface area contributed by atoms with Crippen molar-refractivity contribution in [1.82, 2.24) is 10.6 Å². The second kappa shape index (κ2) is 10.00. The highest BCUT2D eigenvalue weighted by molar-refractivity contribution is 7.98. The molecule has 21 heavy (non-hydrogen) atoms. The van der Waals surface area contributed by atoms with E-state index in [9.17, 15) is 19.2 Å². The maximum atomic E-state index is 11.5. The zero-order valence-electron chi connectivity index (χ0n) is 11.6. The third-order valence-electron chi connectivity index (χ3n) is 2.43. The van der Waals surface area contributed by atoms with E-state index in [2.05, 4.69) is 10.6 Å². The second-order valence-electron chi connectivity index (χ2n) is 4.23. The van der Waals surface area contributed by atoms with E-state index in [1.807, 2.05) is 6.26 Å². The number of nitrogens with one attached hydrogen (secondary N) is 2.